The Balaban J connectivity index is 1.31. The number of hydrogen-bond acceptors (Lipinski definition) is 6. The molecular weight excluding hydrogens is 390 g/mol. The minimum absolute atomic E-state index is 0.225. The van der Waals surface area contributed by atoms with Crippen molar-refractivity contribution in [3.63, 3.8) is 0 Å². The van der Waals surface area contributed by atoms with Crippen molar-refractivity contribution in [3.05, 3.63) is 77.5 Å². The molecule has 2 heterocycles. The van der Waals surface area contributed by atoms with E-state index in [2.05, 4.69) is 22.1 Å². The predicted molar refractivity (Wildman–Crippen MR) is 122 cm³/mol. The van der Waals surface area contributed by atoms with Crippen LogP contribution in [0.2, 0.25) is 0 Å². The first kappa shape index (κ1) is 20.6. The highest BCUT2D eigenvalue weighted by atomic mass is 16.7. The van der Waals surface area contributed by atoms with E-state index in [1.807, 2.05) is 49.4 Å². The molecule has 0 aliphatic carbocycles. The number of rotatable bonds is 7. The van der Waals surface area contributed by atoms with Gasteiger partial charge in [0.1, 0.15) is 5.52 Å². The van der Waals surface area contributed by atoms with Crippen molar-refractivity contribution in [2.75, 3.05) is 18.9 Å². The van der Waals surface area contributed by atoms with Crippen molar-refractivity contribution in [2.24, 2.45) is 0 Å². The number of benzene rings is 2. The van der Waals surface area contributed by atoms with Crippen molar-refractivity contribution in [1.82, 2.24) is 9.97 Å². The summed E-state index contributed by atoms with van der Waals surface area (Å²) in [5.41, 5.74) is 10.9. The van der Waals surface area contributed by atoms with Crippen LogP contribution in [0.15, 0.2) is 60.8 Å². The maximum absolute atomic E-state index is 11.8. The van der Waals surface area contributed by atoms with Crippen LogP contribution in [0, 0.1) is 6.92 Å². The molecule has 0 radical (unpaired) electrons. The summed E-state index contributed by atoms with van der Waals surface area (Å²) >= 11 is 0. The van der Waals surface area contributed by atoms with E-state index in [0.29, 0.717) is 24.4 Å². The Labute approximate surface area is 181 Å². The SMILES string of the molecule is Cc1ccc2c(c1)nc(N)c1ncc(CCOC(=O)OCCCc3ccccc3)cc12. The second-order valence-corrected chi connectivity index (χ2v) is 7.54. The van der Waals surface area contributed by atoms with Gasteiger partial charge in [-0.2, -0.15) is 0 Å². The minimum Gasteiger partial charge on any atom is -0.434 e. The van der Waals surface area contributed by atoms with Crippen LogP contribution in [-0.2, 0) is 22.3 Å². The van der Waals surface area contributed by atoms with Gasteiger partial charge in [0.05, 0.1) is 18.7 Å². The van der Waals surface area contributed by atoms with Crippen molar-refractivity contribution < 1.29 is 14.3 Å². The number of nitrogens with zero attached hydrogens (tertiary/aromatic N) is 2. The number of carbonyl (C=O) groups is 1. The summed E-state index contributed by atoms with van der Waals surface area (Å²) in [6, 6.07) is 18.2. The van der Waals surface area contributed by atoms with Gasteiger partial charge in [-0.15, -0.1) is 0 Å². The van der Waals surface area contributed by atoms with Gasteiger partial charge in [0.15, 0.2) is 5.82 Å². The highest BCUT2D eigenvalue weighted by Gasteiger charge is 2.10. The van der Waals surface area contributed by atoms with Crippen LogP contribution >= 0.6 is 0 Å². The van der Waals surface area contributed by atoms with Gasteiger partial charge in [-0.3, -0.25) is 4.98 Å². The molecule has 31 heavy (non-hydrogen) atoms. The van der Waals surface area contributed by atoms with E-state index in [4.69, 9.17) is 15.2 Å². The van der Waals surface area contributed by atoms with Crippen LogP contribution in [0.5, 0.6) is 0 Å². The zero-order valence-corrected chi connectivity index (χ0v) is 17.5. The zero-order valence-electron chi connectivity index (χ0n) is 17.5. The lowest BCUT2D eigenvalue weighted by molar-refractivity contribution is 0.0554. The van der Waals surface area contributed by atoms with Crippen LogP contribution < -0.4 is 5.73 Å². The fourth-order valence-electron chi connectivity index (χ4n) is 3.57. The van der Waals surface area contributed by atoms with E-state index in [0.717, 1.165) is 40.3 Å². The number of nitrogens with two attached hydrogens (primary N) is 1. The number of fused-ring (bicyclic) bond motifs is 3. The van der Waals surface area contributed by atoms with Gasteiger partial charge in [-0.1, -0.05) is 42.5 Å². The molecular formula is C25H25N3O3. The normalized spacial score (nSPS) is 11.0. The van der Waals surface area contributed by atoms with E-state index in [9.17, 15) is 4.79 Å². The standard InChI is InChI=1S/C25H25N3O3/c1-17-9-10-20-21-15-19(16-27-23(21)24(26)28-22(20)14-17)11-13-31-25(29)30-12-5-8-18-6-3-2-4-7-18/h2-4,6-7,9-10,14-16H,5,8,11-13H2,1H3,(H2,26,28). The molecule has 0 fully saturated rings. The smallest absolute Gasteiger partial charge is 0.434 e. The van der Waals surface area contributed by atoms with E-state index in [1.54, 1.807) is 6.20 Å². The first-order chi connectivity index (χ1) is 15.1. The number of hydrogen-bond donors (Lipinski definition) is 1. The third-order valence-electron chi connectivity index (χ3n) is 5.15. The lowest BCUT2D eigenvalue weighted by Crippen LogP contribution is -2.11. The maximum atomic E-state index is 11.8. The highest BCUT2D eigenvalue weighted by molar-refractivity contribution is 6.08. The summed E-state index contributed by atoms with van der Waals surface area (Å²) in [6.45, 7) is 2.58. The van der Waals surface area contributed by atoms with E-state index >= 15 is 0 Å². The van der Waals surface area contributed by atoms with Gasteiger partial charge in [0, 0.05) is 23.4 Å². The van der Waals surface area contributed by atoms with Gasteiger partial charge in [-0.25, -0.2) is 9.78 Å². The average molecular weight is 415 g/mol. The molecule has 0 saturated carbocycles. The Morgan fingerprint density at radius 3 is 2.58 bits per heavy atom. The van der Waals surface area contributed by atoms with Crippen molar-refractivity contribution >= 4 is 33.8 Å². The molecule has 0 aliphatic heterocycles. The summed E-state index contributed by atoms with van der Waals surface area (Å²) in [5.74, 6) is 0.412. The average Bonchev–Trinajstić information content (AvgIpc) is 2.77. The monoisotopic (exact) mass is 415 g/mol. The lowest BCUT2D eigenvalue weighted by Gasteiger charge is -2.09. The molecule has 0 saturated heterocycles. The van der Waals surface area contributed by atoms with Gasteiger partial charge in [0.2, 0.25) is 0 Å². The first-order valence-electron chi connectivity index (χ1n) is 10.4. The Morgan fingerprint density at radius 2 is 1.74 bits per heavy atom. The second-order valence-electron chi connectivity index (χ2n) is 7.54. The van der Waals surface area contributed by atoms with Gasteiger partial charge in [0.25, 0.3) is 0 Å². The van der Waals surface area contributed by atoms with Crippen LogP contribution in [0.1, 0.15) is 23.1 Å². The quantitative estimate of drug-likeness (QED) is 0.260. The molecule has 0 bridgehead atoms. The summed E-state index contributed by atoms with van der Waals surface area (Å²) in [5, 5.41) is 1.95. The largest absolute Gasteiger partial charge is 0.508 e. The molecule has 4 rings (SSSR count). The second kappa shape index (κ2) is 9.43. The van der Waals surface area contributed by atoms with Gasteiger partial charge < -0.3 is 15.2 Å². The third kappa shape index (κ3) is 5.09. The molecule has 0 unspecified atom stereocenters. The molecule has 0 amide bonds. The van der Waals surface area contributed by atoms with Crippen molar-refractivity contribution in [2.45, 2.75) is 26.2 Å². The fourth-order valence-corrected chi connectivity index (χ4v) is 3.57. The van der Waals surface area contributed by atoms with E-state index in [-0.39, 0.29) is 6.61 Å². The Hall–Kier alpha value is -3.67. The number of anilines is 1. The number of ether oxygens (including phenoxy) is 2. The zero-order chi connectivity index (χ0) is 21.6. The lowest BCUT2D eigenvalue weighted by atomic mass is 10.1. The summed E-state index contributed by atoms with van der Waals surface area (Å²) in [7, 11) is 0. The molecule has 2 aromatic heterocycles. The van der Waals surface area contributed by atoms with E-state index < -0.39 is 6.16 Å². The summed E-state index contributed by atoms with van der Waals surface area (Å²) < 4.78 is 10.4. The van der Waals surface area contributed by atoms with Gasteiger partial charge >= 0.3 is 6.16 Å². The van der Waals surface area contributed by atoms with Crippen LogP contribution in [0.4, 0.5) is 10.6 Å². The maximum Gasteiger partial charge on any atom is 0.508 e. The molecule has 0 atom stereocenters. The number of aryl methyl sites for hydroxylation is 2. The molecule has 2 N–H and O–H groups in total. The number of carbonyl (C=O) groups excluding carboxylic acids is 1. The van der Waals surface area contributed by atoms with Crippen molar-refractivity contribution in [1.29, 1.82) is 0 Å². The van der Waals surface area contributed by atoms with Crippen LogP contribution in [0.3, 0.4) is 0 Å². The minimum atomic E-state index is -0.642. The molecule has 4 aromatic rings. The molecule has 2 aromatic carbocycles. The Morgan fingerprint density at radius 1 is 0.935 bits per heavy atom. The van der Waals surface area contributed by atoms with Gasteiger partial charge in [-0.05, 0) is 48.6 Å². The molecule has 0 aliphatic rings. The Bertz CT molecular complexity index is 1210. The van der Waals surface area contributed by atoms with E-state index in [1.165, 1.54) is 5.56 Å². The van der Waals surface area contributed by atoms with Crippen LogP contribution in [-0.4, -0.2) is 29.3 Å². The number of aromatic nitrogens is 2. The molecule has 6 heteroatoms. The number of pyridine rings is 2. The predicted octanol–water partition coefficient (Wildman–Crippen LogP) is 5.00. The molecule has 158 valence electrons. The first-order valence-corrected chi connectivity index (χ1v) is 10.4. The topological polar surface area (TPSA) is 87.3 Å². The highest BCUT2D eigenvalue weighted by Crippen LogP contribution is 2.27. The molecule has 6 nitrogen and oxygen atoms in total. The third-order valence-corrected chi connectivity index (χ3v) is 5.15. The number of nitrogen functional groups attached to an aromatic ring is 1. The molecule has 0 spiro atoms. The fraction of sp³-hybridized carbons (Fsp3) is 0.240. The summed E-state index contributed by atoms with van der Waals surface area (Å²) in [6.07, 6.45) is 3.26. The summed E-state index contributed by atoms with van der Waals surface area (Å²) in [4.78, 5) is 20.8. The van der Waals surface area contributed by atoms with Crippen molar-refractivity contribution in [3.8, 4) is 0 Å². The van der Waals surface area contributed by atoms with Crippen LogP contribution in [0.25, 0.3) is 21.8 Å². The Kier molecular flexibility index (Phi) is 6.26.